The highest BCUT2D eigenvalue weighted by molar-refractivity contribution is 6.62. The fourth-order valence-corrected chi connectivity index (χ4v) is 5.65. The van der Waals surface area contributed by atoms with E-state index in [0.717, 1.165) is 17.7 Å². The molecule has 1 saturated heterocycles. The van der Waals surface area contributed by atoms with Gasteiger partial charge >= 0.3 is 13.3 Å². The zero-order chi connectivity index (χ0) is 32.4. The number of carbonyl (C=O) groups excluding carboxylic acids is 2. The van der Waals surface area contributed by atoms with Crippen molar-refractivity contribution in [1.29, 1.82) is 0 Å². The van der Waals surface area contributed by atoms with Gasteiger partial charge in [-0.1, -0.05) is 18.2 Å². The smallest absolute Gasteiger partial charge is 0.423 e. The lowest BCUT2D eigenvalue weighted by Gasteiger charge is -2.34. The Bertz CT molecular complexity index is 1320. The normalized spacial score (nSPS) is 21.8. The van der Waals surface area contributed by atoms with E-state index in [-0.39, 0.29) is 37.3 Å². The number of fused-ring (bicyclic) bond motifs is 1. The van der Waals surface area contributed by atoms with E-state index >= 15 is 0 Å². The van der Waals surface area contributed by atoms with Crippen LogP contribution < -0.4 is 33.3 Å². The number of aliphatic hydroxyl groups is 1. The quantitative estimate of drug-likeness (QED) is 0.143. The number of aliphatic hydroxyl groups excluding tert-OH is 1. The molecular weight excluding hydrogens is 580 g/mol. The van der Waals surface area contributed by atoms with Crippen LogP contribution in [0.1, 0.15) is 49.8 Å². The third-order valence-electron chi connectivity index (χ3n) is 8.01. The predicted octanol–water partition coefficient (Wildman–Crippen LogP) is 0.110. The van der Waals surface area contributed by atoms with E-state index in [1.54, 1.807) is 23.1 Å². The van der Waals surface area contributed by atoms with Gasteiger partial charge in [0.2, 0.25) is 11.8 Å². The fraction of sp³-hybridized carbons (Fsp3) is 0.517. The van der Waals surface area contributed by atoms with Crippen molar-refractivity contribution in [2.45, 2.75) is 81.7 Å². The molecule has 2 aliphatic heterocycles. The number of likely N-dealkylation sites (tertiary alicyclic amines) is 1. The molecule has 15 heteroatoms. The van der Waals surface area contributed by atoms with E-state index in [9.17, 15) is 32.9 Å². The molecule has 10 N–H and O–H groups in total. The van der Waals surface area contributed by atoms with Crippen LogP contribution in [-0.4, -0.2) is 77.4 Å². The van der Waals surface area contributed by atoms with E-state index in [4.69, 9.17) is 21.9 Å². The summed E-state index contributed by atoms with van der Waals surface area (Å²) < 4.78 is 44.8. The molecule has 2 aliphatic rings. The molecule has 5 atom stereocenters. The summed E-state index contributed by atoms with van der Waals surface area (Å²) in [7, 11) is -1.17. The summed E-state index contributed by atoms with van der Waals surface area (Å²) in [6, 6.07) is 6.83. The summed E-state index contributed by atoms with van der Waals surface area (Å²) >= 11 is 0. The Labute approximate surface area is 254 Å². The topological polar surface area (TPSA) is 189 Å². The van der Waals surface area contributed by atoms with Gasteiger partial charge in [-0.25, -0.2) is 0 Å². The molecule has 0 aromatic heterocycles. The molecule has 11 nitrogen and oxygen atoms in total. The number of nitrogens with one attached hydrogen (secondary N) is 2. The maximum absolute atomic E-state index is 13.1. The SMILES string of the molecule is CC1(C)OB(O)c2cc(NC(O)C(Cc3ccc(C(F)(F)F)cc3)NC(=O)C(N)CCC(=O)N3CC(N)CC(N)C3)ccc21. The van der Waals surface area contributed by atoms with Gasteiger partial charge in [0.05, 0.1) is 23.2 Å². The van der Waals surface area contributed by atoms with Crippen molar-refractivity contribution in [1.82, 2.24) is 10.2 Å². The molecule has 0 radical (unpaired) electrons. The monoisotopic (exact) mass is 620 g/mol. The number of carbonyl (C=O) groups is 2. The molecule has 2 heterocycles. The number of amides is 2. The van der Waals surface area contributed by atoms with Gasteiger partial charge in [-0.2, -0.15) is 13.2 Å². The van der Waals surface area contributed by atoms with Gasteiger partial charge in [-0.05, 0) is 74.0 Å². The summed E-state index contributed by atoms with van der Waals surface area (Å²) in [5, 5.41) is 27.1. The second-order valence-electron chi connectivity index (χ2n) is 12.1. The first kappa shape index (κ1) is 33.7. The summed E-state index contributed by atoms with van der Waals surface area (Å²) in [4.78, 5) is 27.4. The molecular formula is C29H40BF3N6O5. The van der Waals surface area contributed by atoms with Crippen molar-refractivity contribution >= 4 is 30.1 Å². The summed E-state index contributed by atoms with van der Waals surface area (Å²) in [6.07, 6.45) is -5.37. The largest absolute Gasteiger partial charge is 0.492 e. The highest BCUT2D eigenvalue weighted by Crippen LogP contribution is 2.31. The van der Waals surface area contributed by atoms with Crippen molar-refractivity contribution < 1.29 is 37.5 Å². The van der Waals surface area contributed by atoms with Crippen LogP contribution in [0.3, 0.4) is 0 Å². The number of nitrogens with zero attached hydrogens (tertiary/aromatic N) is 1. The second-order valence-corrected chi connectivity index (χ2v) is 12.1. The van der Waals surface area contributed by atoms with Crippen molar-refractivity contribution in [3.05, 3.63) is 59.2 Å². The Morgan fingerprint density at radius 3 is 2.39 bits per heavy atom. The lowest BCUT2D eigenvalue weighted by molar-refractivity contribution is -0.137. The van der Waals surface area contributed by atoms with Gasteiger partial charge < -0.3 is 47.5 Å². The van der Waals surface area contributed by atoms with Crippen LogP contribution in [-0.2, 0) is 32.4 Å². The number of hydrogen-bond donors (Lipinski definition) is 7. The van der Waals surface area contributed by atoms with Crippen LogP contribution in [0.25, 0.3) is 0 Å². The van der Waals surface area contributed by atoms with Crippen LogP contribution in [0.4, 0.5) is 18.9 Å². The summed E-state index contributed by atoms with van der Waals surface area (Å²) in [5.74, 6) is -0.880. The van der Waals surface area contributed by atoms with Gasteiger partial charge in [-0.15, -0.1) is 0 Å². The Morgan fingerprint density at radius 1 is 1.14 bits per heavy atom. The highest BCUT2D eigenvalue weighted by Gasteiger charge is 2.40. The maximum atomic E-state index is 13.1. The number of anilines is 1. The van der Waals surface area contributed by atoms with Crippen LogP contribution in [0, 0.1) is 0 Å². The average Bonchev–Trinajstić information content (AvgIpc) is 3.17. The van der Waals surface area contributed by atoms with Gasteiger partial charge in [0.15, 0.2) is 0 Å². The molecule has 0 saturated carbocycles. The number of benzene rings is 2. The van der Waals surface area contributed by atoms with Crippen molar-refractivity contribution in [2.24, 2.45) is 17.2 Å². The molecule has 4 rings (SSSR count). The maximum Gasteiger partial charge on any atom is 0.492 e. The van der Waals surface area contributed by atoms with Gasteiger partial charge in [-0.3, -0.25) is 9.59 Å². The first-order valence-corrected chi connectivity index (χ1v) is 14.5. The van der Waals surface area contributed by atoms with Gasteiger partial charge in [0.1, 0.15) is 6.23 Å². The Morgan fingerprint density at radius 2 is 1.77 bits per heavy atom. The first-order chi connectivity index (χ1) is 20.5. The second kappa shape index (κ2) is 13.4. The number of nitrogens with two attached hydrogens (primary N) is 3. The lowest BCUT2D eigenvalue weighted by Crippen LogP contribution is -2.54. The third-order valence-corrected chi connectivity index (χ3v) is 8.01. The van der Waals surface area contributed by atoms with Crippen LogP contribution in [0.5, 0.6) is 0 Å². The molecule has 0 bridgehead atoms. The molecule has 2 aromatic rings. The number of piperidine rings is 1. The molecule has 2 aromatic carbocycles. The number of rotatable bonds is 10. The first-order valence-electron chi connectivity index (χ1n) is 14.5. The minimum Gasteiger partial charge on any atom is -0.423 e. The molecule has 1 fully saturated rings. The van der Waals surface area contributed by atoms with E-state index in [2.05, 4.69) is 10.6 Å². The zero-order valence-corrected chi connectivity index (χ0v) is 24.7. The molecule has 0 spiro atoms. The lowest BCUT2D eigenvalue weighted by atomic mass is 9.78. The van der Waals surface area contributed by atoms with Crippen molar-refractivity contribution in [2.75, 3.05) is 18.4 Å². The van der Waals surface area contributed by atoms with Crippen molar-refractivity contribution in [3.8, 4) is 0 Å². The Balaban J connectivity index is 1.45. The number of halogens is 3. The summed E-state index contributed by atoms with van der Waals surface area (Å²) in [6.45, 7) is 4.36. The van der Waals surface area contributed by atoms with E-state index in [1.165, 1.54) is 12.1 Å². The predicted molar refractivity (Wildman–Crippen MR) is 159 cm³/mol. The third kappa shape index (κ3) is 8.28. The van der Waals surface area contributed by atoms with Crippen LogP contribution in [0.2, 0.25) is 0 Å². The minimum absolute atomic E-state index is 0.0145. The van der Waals surface area contributed by atoms with E-state index in [0.29, 0.717) is 36.2 Å². The van der Waals surface area contributed by atoms with Crippen LogP contribution in [0.15, 0.2) is 42.5 Å². The standard InChI is InChI=1S/C29H40BF3N6O5/c1-28(2)21-8-7-20(13-22(21)30(43)44-28)37-27(42)24(11-16-3-5-17(6-4-16)29(31,32)33)38-26(41)23(36)9-10-25(40)39-14-18(34)12-19(35)15-39/h3-8,13,18-19,23-24,27,37,42-43H,9-12,14-15,34-36H2,1-2H3,(H,38,41). The highest BCUT2D eigenvalue weighted by atomic mass is 19.4. The molecule has 5 unspecified atom stereocenters. The Hall–Kier alpha value is -3.21. The molecule has 240 valence electrons. The van der Waals surface area contributed by atoms with Crippen molar-refractivity contribution in [3.63, 3.8) is 0 Å². The number of hydrogen-bond acceptors (Lipinski definition) is 9. The zero-order valence-electron chi connectivity index (χ0n) is 24.7. The van der Waals surface area contributed by atoms with Gasteiger partial charge in [0.25, 0.3) is 0 Å². The number of alkyl halides is 3. The molecule has 2 amide bonds. The minimum atomic E-state index is -4.52. The van der Waals surface area contributed by atoms with E-state index in [1.807, 2.05) is 13.8 Å². The summed E-state index contributed by atoms with van der Waals surface area (Å²) in [5.41, 5.74) is 18.6. The molecule has 44 heavy (non-hydrogen) atoms. The molecule has 0 aliphatic carbocycles. The van der Waals surface area contributed by atoms with Gasteiger partial charge in [0, 0.05) is 37.3 Å². The van der Waals surface area contributed by atoms with Crippen LogP contribution >= 0.6 is 0 Å². The fourth-order valence-electron chi connectivity index (χ4n) is 5.65. The van der Waals surface area contributed by atoms with E-state index < -0.39 is 48.7 Å². The Kier molecular flexibility index (Phi) is 10.3. The average molecular weight is 620 g/mol.